The number of carbonyl (C=O) groups is 4. The van der Waals surface area contributed by atoms with Crippen molar-refractivity contribution in [3.63, 3.8) is 0 Å². The molecule has 156 valence electrons. The Morgan fingerprint density at radius 2 is 1.83 bits per heavy atom. The van der Waals surface area contributed by atoms with Gasteiger partial charge in [0.2, 0.25) is 11.8 Å². The molecular formula is C20H22ClFN2O5. The van der Waals surface area contributed by atoms with Crippen molar-refractivity contribution in [2.75, 3.05) is 20.2 Å². The molecule has 1 aliphatic carbocycles. The Hall–Kier alpha value is -2.48. The summed E-state index contributed by atoms with van der Waals surface area (Å²) < 4.78 is 18.8. The number of benzene rings is 1. The lowest BCUT2D eigenvalue weighted by Gasteiger charge is -2.19. The van der Waals surface area contributed by atoms with Crippen LogP contribution >= 0.6 is 11.6 Å². The van der Waals surface area contributed by atoms with E-state index in [1.165, 1.54) is 30.1 Å². The Kier molecular flexibility index (Phi) is 6.52. The van der Waals surface area contributed by atoms with Gasteiger partial charge in [-0.25, -0.2) is 4.39 Å². The first kappa shape index (κ1) is 21.2. The van der Waals surface area contributed by atoms with Gasteiger partial charge >= 0.3 is 5.97 Å². The van der Waals surface area contributed by atoms with Crippen LogP contribution in [0.5, 0.6) is 0 Å². The Bertz CT molecular complexity index is 802. The standard InChI is InChI=1S/C20H22ClFN2O5/c1-23(9-14-15(21)7-4-8-16(14)22)17(25)11-29-18(26)10-24-19(27)12-5-2-3-6-13(12)20(24)28/h4,7-8,12-13H,2-3,5-6,9-11H2,1H3. The highest BCUT2D eigenvalue weighted by atomic mass is 35.5. The van der Waals surface area contributed by atoms with Gasteiger partial charge < -0.3 is 9.64 Å². The molecule has 7 nitrogen and oxygen atoms in total. The molecule has 1 saturated carbocycles. The lowest BCUT2D eigenvalue weighted by Crippen LogP contribution is -2.38. The van der Waals surface area contributed by atoms with E-state index in [4.69, 9.17) is 16.3 Å². The molecule has 9 heteroatoms. The van der Waals surface area contributed by atoms with Gasteiger partial charge in [-0.1, -0.05) is 30.5 Å². The van der Waals surface area contributed by atoms with Crippen molar-refractivity contribution in [2.24, 2.45) is 11.8 Å². The highest BCUT2D eigenvalue weighted by Gasteiger charge is 2.48. The Morgan fingerprint density at radius 1 is 1.21 bits per heavy atom. The second-order valence-corrected chi connectivity index (χ2v) is 7.78. The number of fused-ring (bicyclic) bond motifs is 1. The minimum atomic E-state index is -0.837. The molecule has 0 bridgehead atoms. The monoisotopic (exact) mass is 424 g/mol. The van der Waals surface area contributed by atoms with Crippen LogP contribution in [0.1, 0.15) is 31.2 Å². The maximum absolute atomic E-state index is 13.8. The minimum Gasteiger partial charge on any atom is -0.454 e. The van der Waals surface area contributed by atoms with Gasteiger partial charge in [-0.2, -0.15) is 0 Å². The number of nitrogens with zero attached hydrogens (tertiary/aromatic N) is 2. The molecular weight excluding hydrogens is 403 g/mol. The van der Waals surface area contributed by atoms with Gasteiger partial charge in [0.15, 0.2) is 6.61 Å². The second kappa shape index (κ2) is 8.90. The molecule has 2 atom stereocenters. The van der Waals surface area contributed by atoms with E-state index in [-0.39, 0.29) is 40.8 Å². The summed E-state index contributed by atoms with van der Waals surface area (Å²) in [6.07, 6.45) is 3.10. The molecule has 2 unspecified atom stereocenters. The van der Waals surface area contributed by atoms with Crippen molar-refractivity contribution in [3.05, 3.63) is 34.6 Å². The highest BCUT2D eigenvalue weighted by Crippen LogP contribution is 2.37. The number of carbonyl (C=O) groups excluding carboxylic acids is 4. The summed E-state index contributed by atoms with van der Waals surface area (Å²) >= 11 is 5.95. The van der Waals surface area contributed by atoms with Crippen LogP contribution in [0.4, 0.5) is 4.39 Å². The van der Waals surface area contributed by atoms with Crippen LogP contribution in [0.2, 0.25) is 5.02 Å². The van der Waals surface area contributed by atoms with E-state index < -0.39 is 30.8 Å². The Balaban J connectivity index is 1.50. The van der Waals surface area contributed by atoms with Crippen LogP contribution in [0.3, 0.4) is 0 Å². The summed E-state index contributed by atoms with van der Waals surface area (Å²) in [6.45, 7) is -1.17. The average molecular weight is 425 g/mol. The van der Waals surface area contributed by atoms with Crippen LogP contribution in [0, 0.1) is 17.7 Å². The lowest BCUT2D eigenvalue weighted by molar-refractivity contribution is -0.156. The van der Waals surface area contributed by atoms with Crippen molar-refractivity contribution in [1.29, 1.82) is 0 Å². The topological polar surface area (TPSA) is 84.0 Å². The maximum Gasteiger partial charge on any atom is 0.326 e. The Morgan fingerprint density at radius 3 is 2.41 bits per heavy atom. The van der Waals surface area contributed by atoms with Crippen LogP contribution in [0.25, 0.3) is 0 Å². The summed E-state index contributed by atoms with van der Waals surface area (Å²) in [4.78, 5) is 51.1. The average Bonchev–Trinajstić information content (AvgIpc) is 2.94. The number of likely N-dealkylation sites (N-methyl/N-ethyl adjacent to an activating group) is 1. The zero-order valence-electron chi connectivity index (χ0n) is 16.0. The first-order valence-corrected chi connectivity index (χ1v) is 9.85. The van der Waals surface area contributed by atoms with Crippen molar-refractivity contribution in [3.8, 4) is 0 Å². The molecule has 3 rings (SSSR count). The number of halogens is 2. The van der Waals surface area contributed by atoms with E-state index in [0.717, 1.165) is 17.7 Å². The summed E-state index contributed by atoms with van der Waals surface area (Å²) in [7, 11) is 1.43. The van der Waals surface area contributed by atoms with Gasteiger partial charge in [0.1, 0.15) is 12.4 Å². The quantitative estimate of drug-likeness (QED) is 0.516. The molecule has 0 N–H and O–H groups in total. The third kappa shape index (κ3) is 4.58. The second-order valence-electron chi connectivity index (χ2n) is 7.37. The third-order valence-electron chi connectivity index (χ3n) is 5.46. The molecule has 0 aromatic heterocycles. The van der Waals surface area contributed by atoms with Crippen molar-refractivity contribution in [1.82, 2.24) is 9.80 Å². The van der Waals surface area contributed by atoms with Crippen LogP contribution in [-0.4, -0.2) is 53.7 Å². The van der Waals surface area contributed by atoms with Crippen molar-refractivity contribution in [2.45, 2.75) is 32.2 Å². The molecule has 1 aromatic rings. The number of rotatable bonds is 6. The van der Waals surface area contributed by atoms with Gasteiger partial charge in [0.25, 0.3) is 5.91 Å². The fraction of sp³-hybridized carbons (Fsp3) is 0.500. The third-order valence-corrected chi connectivity index (χ3v) is 5.81. The van der Waals surface area contributed by atoms with Gasteiger partial charge in [0.05, 0.1) is 11.8 Å². The van der Waals surface area contributed by atoms with Gasteiger partial charge in [-0.05, 0) is 25.0 Å². The van der Waals surface area contributed by atoms with E-state index in [2.05, 4.69) is 0 Å². The molecule has 1 aliphatic heterocycles. The Labute approximate surface area is 172 Å². The predicted molar refractivity (Wildman–Crippen MR) is 101 cm³/mol. The predicted octanol–water partition coefficient (Wildman–Crippen LogP) is 2.16. The summed E-state index contributed by atoms with van der Waals surface area (Å²) in [5.41, 5.74) is 0.159. The van der Waals surface area contributed by atoms with Crippen LogP contribution < -0.4 is 0 Å². The molecule has 0 radical (unpaired) electrons. The molecule has 2 aliphatic rings. The number of imide groups is 1. The maximum atomic E-state index is 13.8. The highest BCUT2D eigenvalue weighted by molar-refractivity contribution is 6.31. The van der Waals surface area contributed by atoms with E-state index in [0.29, 0.717) is 12.8 Å². The summed E-state index contributed by atoms with van der Waals surface area (Å²) in [5.74, 6) is -3.31. The molecule has 1 heterocycles. The summed E-state index contributed by atoms with van der Waals surface area (Å²) in [5, 5.41) is 0.189. The fourth-order valence-electron chi connectivity index (χ4n) is 3.82. The van der Waals surface area contributed by atoms with Crippen molar-refractivity contribution < 1.29 is 28.3 Å². The van der Waals surface area contributed by atoms with Crippen LogP contribution in [-0.2, 0) is 30.5 Å². The van der Waals surface area contributed by atoms with Gasteiger partial charge in [-0.15, -0.1) is 0 Å². The smallest absolute Gasteiger partial charge is 0.326 e. The zero-order valence-corrected chi connectivity index (χ0v) is 16.8. The van der Waals surface area contributed by atoms with E-state index in [9.17, 15) is 23.6 Å². The number of hydrogen-bond acceptors (Lipinski definition) is 5. The largest absolute Gasteiger partial charge is 0.454 e. The first-order chi connectivity index (χ1) is 13.8. The van der Waals surface area contributed by atoms with Crippen LogP contribution in [0.15, 0.2) is 18.2 Å². The number of likely N-dealkylation sites (tertiary alicyclic amines) is 1. The number of hydrogen-bond donors (Lipinski definition) is 0. The van der Waals surface area contributed by atoms with Crippen molar-refractivity contribution >= 4 is 35.3 Å². The molecule has 29 heavy (non-hydrogen) atoms. The number of amides is 3. The van der Waals surface area contributed by atoms with E-state index >= 15 is 0 Å². The zero-order chi connectivity index (χ0) is 21.1. The lowest BCUT2D eigenvalue weighted by atomic mass is 9.81. The molecule has 0 spiro atoms. The minimum absolute atomic E-state index is 0.0889. The molecule has 3 amide bonds. The van der Waals surface area contributed by atoms with E-state index in [1.54, 1.807) is 0 Å². The molecule has 1 aromatic carbocycles. The summed E-state index contributed by atoms with van der Waals surface area (Å²) in [6, 6.07) is 4.21. The SMILES string of the molecule is CN(Cc1c(F)cccc1Cl)C(=O)COC(=O)CN1C(=O)C2CCCCC2C1=O. The first-order valence-electron chi connectivity index (χ1n) is 9.47. The molecule has 2 fully saturated rings. The molecule has 1 saturated heterocycles. The van der Waals surface area contributed by atoms with Gasteiger partial charge in [0, 0.05) is 24.2 Å². The van der Waals surface area contributed by atoms with Gasteiger partial charge in [-0.3, -0.25) is 24.1 Å². The van der Waals surface area contributed by atoms with E-state index in [1.807, 2.05) is 0 Å². The number of esters is 1. The normalized spacial score (nSPS) is 21.1. The fourth-order valence-corrected chi connectivity index (χ4v) is 4.05. The number of ether oxygens (including phenoxy) is 1.